The first-order valence-electron chi connectivity index (χ1n) is 6.18. The van der Waals surface area contributed by atoms with Crippen molar-refractivity contribution < 1.29 is 4.79 Å². The van der Waals surface area contributed by atoms with Crippen LogP contribution in [-0.2, 0) is 0 Å². The van der Waals surface area contributed by atoms with Gasteiger partial charge in [0, 0.05) is 42.6 Å². The lowest BCUT2D eigenvalue weighted by atomic mass is 10.1. The van der Waals surface area contributed by atoms with E-state index in [-0.39, 0.29) is 5.78 Å². The first-order chi connectivity index (χ1) is 8.25. The van der Waals surface area contributed by atoms with E-state index in [0.717, 1.165) is 25.2 Å². The minimum Gasteiger partial charge on any atom is -0.301 e. The average Bonchev–Trinajstić information content (AvgIpc) is 2.37. The van der Waals surface area contributed by atoms with Gasteiger partial charge in [-0.05, 0) is 0 Å². The Hall–Kier alpha value is -0.800. The minimum absolute atomic E-state index is 0.261. The molecule has 2 rings (SSSR count). The van der Waals surface area contributed by atoms with Gasteiger partial charge in [0.15, 0.2) is 5.78 Å². The summed E-state index contributed by atoms with van der Waals surface area (Å²) in [6, 6.07) is 9.59. The van der Waals surface area contributed by atoms with E-state index in [9.17, 15) is 4.79 Å². The molecule has 1 aromatic rings. The zero-order chi connectivity index (χ0) is 12.1. The number of benzene rings is 1. The van der Waals surface area contributed by atoms with Crippen LogP contribution in [0, 0.1) is 0 Å². The Morgan fingerprint density at radius 2 is 2.18 bits per heavy atom. The van der Waals surface area contributed by atoms with Crippen LogP contribution >= 0.6 is 11.8 Å². The second-order valence-electron chi connectivity index (χ2n) is 4.52. The lowest BCUT2D eigenvalue weighted by Gasteiger charge is -2.30. The number of carbonyl (C=O) groups is 1. The maximum Gasteiger partial charge on any atom is 0.164 e. The van der Waals surface area contributed by atoms with Crippen LogP contribution in [0.25, 0.3) is 0 Å². The normalized spacial score (nSPS) is 21.4. The predicted octanol–water partition coefficient (Wildman–Crippen LogP) is 2.70. The molecule has 1 aromatic carbocycles. The van der Waals surface area contributed by atoms with Crippen LogP contribution in [0.3, 0.4) is 0 Å². The van der Waals surface area contributed by atoms with Crippen molar-refractivity contribution in [1.29, 1.82) is 0 Å². The van der Waals surface area contributed by atoms with Gasteiger partial charge in [0.2, 0.25) is 0 Å². The second-order valence-corrected chi connectivity index (χ2v) is 6.07. The van der Waals surface area contributed by atoms with Gasteiger partial charge in [-0.2, -0.15) is 11.8 Å². The standard InChI is InChI=1S/C14H19NOS/c1-12-11-15(9-10-17-12)8-7-14(16)13-5-3-2-4-6-13/h2-6,12H,7-11H2,1H3. The van der Waals surface area contributed by atoms with Crippen LogP contribution in [0.1, 0.15) is 23.7 Å². The molecule has 92 valence electrons. The highest BCUT2D eigenvalue weighted by atomic mass is 32.2. The van der Waals surface area contributed by atoms with Crippen LogP contribution in [0.4, 0.5) is 0 Å². The molecule has 1 fully saturated rings. The molecule has 0 aliphatic carbocycles. The Morgan fingerprint density at radius 3 is 2.88 bits per heavy atom. The molecule has 2 nitrogen and oxygen atoms in total. The van der Waals surface area contributed by atoms with Gasteiger partial charge in [-0.1, -0.05) is 37.3 Å². The maximum absolute atomic E-state index is 11.9. The Bertz CT molecular complexity index is 366. The highest BCUT2D eigenvalue weighted by Crippen LogP contribution is 2.18. The van der Waals surface area contributed by atoms with Gasteiger partial charge < -0.3 is 4.90 Å². The van der Waals surface area contributed by atoms with Crippen LogP contribution in [0.2, 0.25) is 0 Å². The van der Waals surface area contributed by atoms with Crippen LogP contribution in [0.5, 0.6) is 0 Å². The Morgan fingerprint density at radius 1 is 1.41 bits per heavy atom. The molecule has 0 saturated carbocycles. The SMILES string of the molecule is CC1CN(CCC(=O)c2ccccc2)CCS1. The summed E-state index contributed by atoms with van der Waals surface area (Å²) in [5, 5.41) is 0.704. The van der Waals surface area contributed by atoms with Crippen LogP contribution < -0.4 is 0 Å². The summed E-state index contributed by atoms with van der Waals surface area (Å²) < 4.78 is 0. The molecular weight excluding hydrogens is 230 g/mol. The van der Waals surface area contributed by atoms with Gasteiger partial charge in [0.25, 0.3) is 0 Å². The fourth-order valence-corrected chi connectivity index (χ4v) is 3.20. The summed E-state index contributed by atoms with van der Waals surface area (Å²) in [5.74, 6) is 1.46. The number of nitrogens with zero attached hydrogens (tertiary/aromatic N) is 1. The molecule has 17 heavy (non-hydrogen) atoms. The summed E-state index contributed by atoms with van der Waals surface area (Å²) in [6.07, 6.45) is 0.640. The monoisotopic (exact) mass is 249 g/mol. The van der Waals surface area contributed by atoms with Crippen molar-refractivity contribution in [1.82, 2.24) is 4.90 Å². The summed E-state index contributed by atoms with van der Waals surface area (Å²) in [6.45, 7) is 5.40. The van der Waals surface area contributed by atoms with Crippen molar-refractivity contribution in [2.75, 3.05) is 25.4 Å². The van der Waals surface area contributed by atoms with Crippen LogP contribution in [0.15, 0.2) is 30.3 Å². The predicted molar refractivity (Wildman–Crippen MR) is 73.7 cm³/mol. The van der Waals surface area contributed by atoms with Gasteiger partial charge in [0.05, 0.1) is 0 Å². The van der Waals surface area contributed by atoms with Crippen molar-refractivity contribution in [2.45, 2.75) is 18.6 Å². The molecule has 0 aromatic heterocycles. The second kappa shape index (κ2) is 6.22. The molecule has 3 heteroatoms. The molecule has 1 aliphatic rings. The molecule has 0 amide bonds. The van der Waals surface area contributed by atoms with E-state index >= 15 is 0 Å². The summed E-state index contributed by atoms with van der Waals surface area (Å²) in [4.78, 5) is 14.3. The molecule has 1 atom stereocenters. The van der Waals surface area contributed by atoms with Crippen LogP contribution in [-0.4, -0.2) is 41.3 Å². The Balaban J connectivity index is 1.80. The number of carbonyl (C=O) groups excluding carboxylic acids is 1. The van der Waals surface area contributed by atoms with E-state index < -0.39 is 0 Å². The fourth-order valence-electron chi connectivity index (χ4n) is 2.12. The van der Waals surface area contributed by atoms with Gasteiger partial charge in [-0.15, -0.1) is 0 Å². The number of rotatable bonds is 4. The summed E-state index contributed by atoms with van der Waals surface area (Å²) in [5.41, 5.74) is 0.840. The lowest BCUT2D eigenvalue weighted by molar-refractivity contribution is 0.0965. The minimum atomic E-state index is 0.261. The molecule has 1 heterocycles. The maximum atomic E-state index is 11.9. The van der Waals surface area contributed by atoms with Crippen molar-refractivity contribution in [3.05, 3.63) is 35.9 Å². The number of hydrogen-bond donors (Lipinski definition) is 0. The highest BCUT2D eigenvalue weighted by molar-refractivity contribution is 7.99. The summed E-state index contributed by atoms with van der Waals surface area (Å²) in [7, 11) is 0. The van der Waals surface area contributed by atoms with Gasteiger partial charge >= 0.3 is 0 Å². The topological polar surface area (TPSA) is 20.3 Å². The van der Waals surface area contributed by atoms with Gasteiger partial charge in [0.1, 0.15) is 0 Å². The van der Waals surface area contributed by atoms with Crippen molar-refractivity contribution >= 4 is 17.5 Å². The Labute approximate surface area is 107 Å². The largest absolute Gasteiger partial charge is 0.301 e. The first kappa shape index (κ1) is 12.7. The number of Topliss-reactive ketones (excluding diaryl/α,β-unsaturated/α-hetero) is 1. The average molecular weight is 249 g/mol. The zero-order valence-corrected chi connectivity index (χ0v) is 11.1. The van der Waals surface area contributed by atoms with Gasteiger partial charge in [-0.3, -0.25) is 4.79 Å². The molecule has 1 saturated heterocycles. The highest BCUT2D eigenvalue weighted by Gasteiger charge is 2.17. The molecule has 1 unspecified atom stereocenters. The molecule has 0 radical (unpaired) electrons. The van der Waals surface area contributed by atoms with Gasteiger partial charge in [-0.25, -0.2) is 0 Å². The fraction of sp³-hybridized carbons (Fsp3) is 0.500. The number of ketones is 1. The van der Waals surface area contributed by atoms with Crippen molar-refractivity contribution in [2.24, 2.45) is 0 Å². The van der Waals surface area contributed by atoms with E-state index in [1.54, 1.807) is 0 Å². The molecule has 0 N–H and O–H groups in total. The molecule has 0 bridgehead atoms. The van der Waals surface area contributed by atoms with Crippen molar-refractivity contribution in [3.63, 3.8) is 0 Å². The van der Waals surface area contributed by atoms with E-state index in [0.29, 0.717) is 11.7 Å². The van der Waals surface area contributed by atoms with E-state index in [1.165, 1.54) is 5.75 Å². The van der Waals surface area contributed by atoms with E-state index in [4.69, 9.17) is 0 Å². The third-order valence-electron chi connectivity index (χ3n) is 3.08. The zero-order valence-electron chi connectivity index (χ0n) is 10.3. The van der Waals surface area contributed by atoms with Crippen molar-refractivity contribution in [3.8, 4) is 0 Å². The van der Waals surface area contributed by atoms with E-state index in [2.05, 4.69) is 11.8 Å². The smallest absolute Gasteiger partial charge is 0.164 e. The van der Waals surface area contributed by atoms with E-state index in [1.807, 2.05) is 42.1 Å². The Kier molecular flexibility index (Phi) is 4.63. The summed E-state index contributed by atoms with van der Waals surface area (Å²) >= 11 is 2.03. The number of hydrogen-bond acceptors (Lipinski definition) is 3. The molecule has 1 aliphatic heterocycles. The molecular formula is C14H19NOS. The third-order valence-corrected chi connectivity index (χ3v) is 4.21. The third kappa shape index (κ3) is 3.86. The quantitative estimate of drug-likeness (QED) is 0.765. The lowest BCUT2D eigenvalue weighted by Crippen LogP contribution is -2.37. The molecule has 0 spiro atoms. The first-order valence-corrected chi connectivity index (χ1v) is 7.23. The number of thioether (sulfide) groups is 1.